The summed E-state index contributed by atoms with van der Waals surface area (Å²) in [6.07, 6.45) is 2.74. The first-order valence-corrected chi connectivity index (χ1v) is 9.93. The first-order chi connectivity index (χ1) is 12.4. The number of nitrogens with zero attached hydrogens (tertiary/aromatic N) is 3. The van der Waals surface area contributed by atoms with Crippen molar-refractivity contribution < 1.29 is 9.53 Å². The summed E-state index contributed by atoms with van der Waals surface area (Å²) < 4.78 is 5.20. The molecule has 0 spiro atoms. The zero-order valence-corrected chi connectivity index (χ0v) is 16.8. The van der Waals surface area contributed by atoms with Crippen LogP contribution in [-0.2, 0) is 11.2 Å². The number of piperidine rings is 1. The Hall–Kier alpha value is -1.95. The Bertz CT molecular complexity index is 741. The monoisotopic (exact) mass is 373 g/mol. The predicted octanol–water partition coefficient (Wildman–Crippen LogP) is 3.89. The van der Waals surface area contributed by atoms with Gasteiger partial charge in [0.1, 0.15) is 15.8 Å². The number of rotatable bonds is 4. The van der Waals surface area contributed by atoms with Crippen LogP contribution in [0, 0.1) is 5.41 Å². The number of carbonyl (C=O) groups is 1. The third-order valence-corrected chi connectivity index (χ3v) is 5.86. The number of methoxy groups -OCH3 is 1. The molecule has 1 aromatic heterocycles. The molecule has 26 heavy (non-hydrogen) atoms. The molecule has 2 heterocycles. The number of benzene rings is 1. The van der Waals surface area contributed by atoms with E-state index in [9.17, 15) is 4.79 Å². The van der Waals surface area contributed by atoms with E-state index in [0.29, 0.717) is 5.92 Å². The standard InChI is InChI=1S/C20H27N3O2S/c1-20(2,3)19(24)23-11-9-15(10-12-23)18-22-21-17(26-18)13-14-5-7-16(25-4)8-6-14/h5-8,15H,9-13H2,1-4H3. The highest BCUT2D eigenvalue weighted by Gasteiger charge is 2.31. The lowest BCUT2D eigenvalue weighted by Crippen LogP contribution is -2.43. The van der Waals surface area contributed by atoms with Gasteiger partial charge in [0, 0.05) is 30.8 Å². The summed E-state index contributed by atoms with van der Waals surface area (Å²) >= 11 is 1.70. The van der Waals surface area contributed by atoms with Crippen LogP contribution in [0.25, 0.3) is 0 Å². The van der Waals surface area contributed by atoms with Gasteiger partial charge in [0.05, 0.1) is 7.11 Å². The predicted molar refractivity (Wildman–Crippen MR) is 104 cm³/mol. The van der Waals surface area contributed by atoms with Crippen molar-refractivity contribution in [2.45, 2.75) is 46.0 Å². The summed E-state index contributed by atoms with van der Waals surface area (Å²) in [4.78, 5) is 14.4. The zero-order valence-electron chi connectivity index (χ0n) is 16.0. The van der Waals surface area contributed by atoms with Crippen LogP contribution in [0.1, 0.15) is 55.1 Å². The van der Waals surface area contributed by atoms with E-state index in [1.165, 1.54) is 5.56 Å². The second-order valence-corrected chi connectivity index (χ2v) is 8.97. The minimum atomic E-state index is -0.304. The van der Waals surface area contributed by atoms with Gasteiger partial charge in [-0.1, -0.05) is 32.9 Å². The molecule has 140 valence electrons. The molecule has 0 N–H and O–H groups in total. The van der Waals surface area contributed by atoms with Gasteiger partial charge in [-0.3, -0.25) is 4.79 Å². The number of likely N-dealkylation sites (tertiary alicyclic amines) is 1. The molecular formula is C20H27N3O2S. The lowest BCUT2D eigenvalue weighted by atomic mass is 9.91. The maximum atomic E-state index is 12.4. The lowest BCUT2D eigenvalue weighted by molar-refractivity contribution is -0.140. The first-order valence-electron chi connectivity index (χ1n) is 9.11. The Morgan fingerprint density at radius 2 is 1.85 bits per heavy atom. The number of hydrogen-bond donors (Lipinski definition) is 0. The summed E-state index contributed by atoms with van der Waals surface area (Å²) in [5.74, 6) is 1.53. The SMILES string of the molecule is COc1ccc(Cc2nnc(C3CCN(C(=O)C(C)(C)C)CC3)s2)cc1. The first kappa shape index (κ1) is 18.8. The number of amides is 1. The van der Waals surface area contributed by atoms with Crippen molar-refractivity contribution in [3.63, 3.8) is 0 Å². The fourth-order valence-electron chi connectivity index (χ4n) is 3.22. The van der Waals surface area contributed by atoms with Gasteiger partial charge in [-0.05, 0) is 30.5 Å². The van der Waals surface area contributed by atoms with Gasteiger partial charge in [-0.2, -0.15) is 0 Å². The van der Waals surface area contributed by atoms with E-state index in [2.05, 4.69) is 22.3 Å². The van der Waals surface area contributed by atoms with Crippen LogP contribution in [0.4, 0.5) is 0 Å². The van der Waals surface area contributed by atoms with E-state index in [1.54, 1.807) is 18.4 Å². The Kier molecular flexibility index (Phi) is 5.61. The van der Waals surface area contributed by atoms with Gasteiger partial charge in [-0.25, -0.2) is 0 Å². The smallest absolute Gasteiger partial charge is 0.227 e. The van der Waals surface area contributed by atoms with Crippen molar-refractivity contribution in [2.75, 3.05) is 20.2 Å². The van der Waals surface area contributed by atoms with Crippen LogP contribution in [-0.4, -0.2) is 41.2 Å². The van der Waals surface area contributed by atoms with Crippen molar-refractivity contribution in [3.8, 4) is 5.75 Å². The average Bonchev–Trinajstić information content (AvgIpc) is 3.09. The van der Waals surface area contributed by atoms with Crippen molar-refractivity contribution >= 4 is 17.2 Å². The van der Waals surface area contributed by atoms with Crippen molar-refractivity contribution in [1.82, 2.24) is 15.1 Å². The molecule has 1 aliphatic heterocycles. The van der Waals surface area contributed by atoms with Crippen molar-refractivity contribution in [1.29, 1.82) is 0 Å². The number of hydrogen-bond acceptors (Lipinski definition) is 5. The molecule has 0 unspecified atom stereocenters. The molecule has 1 fully saturated rings. The van der Waals surface area contributed by atoms with Gasteiger partial charge in [0.2, 0.25) is 5.91 Å². The molecule has 2 aromatic rings. The molecule has 0 atom stereocenters. The number of carbonyl (C=O) groups excluding carboxylic acids is 1. The Labute approximate surface area is 159 Å². The van der Waals surface area contributed by atoms with E-state index >= 15 is 0 Å². The summed E-state index contributed by atoms with van der Waals surface area (Å²) in [7, 11) is 1.67. The summed E-state index contributed by atoms with van der Waals surface area (Å²) in [6, 6.07) is 8.07. The van der Waals surface area contributed by atoms with Crippen molar-refractivity contribution in [3.05, 3.63) is 39.8 Å². The van der Waals surface area contributed by atoms with E-state index < -0.39 is 0 Å². The molecule has 0 aliphatic carbocycles. The van der Waals surface area contributed by atoms with Crippen molar-refractivity contribution in [2.24, 2.45) is 5.41 Å². The van der Waals surface area contributed by atoms with Crippen LogP contribution in [0.5, 0.6) is 5.75 Å². The topological polar surface area (TPSA) is 55.3 Å². The molecule has 3 rings (SSSR count). The van der Waals surface area contributed by atoms with Crippen LogP contribution in [0.3, 0.4) is 0 Å². The van der Waals surface area contributed by atoms with E-state index in [0.717, 1.165) is 48.1 Å². The van der Waals surface area contributed by atoms with Gasteiger partial charge < -0.3 is 9.64 Å². The van der Waals surface area contributed by atoms with E-state index in [-0.39, 0.29) is 11.3 Å². The third kappa shape index (κ3) is 4.41. The molecule has 5 nitrogen and oxygen atoms in total. The highest BCUT2D eigenvalue weighted by Crippen LogP contribution is 2.32. The zero-order chi connectivity index (χ0) is 18.7. The van der Waals surface area contributed by atoms with Crippen LogP contribution in [0.15, 0.2) is 24.3 Å². The second kappa shape index (κ2) is 7.74. The number of ether oxygens (including phenoxy) is 1. The molecule has 1 aromatic carbocycles. The third-order valence-electron chi connectivity index (χ3n) is 4.77. The summed E-state index contributed by atoms with van der Waals surface area (Å²) in [5.41, 5.74) is 0.903. The molecule has 0 saturated carbocycles. The van der Waals surface area contributed by atoms with Gasteiger partial charge in [-0.15, -0.1) is 21.5 Å². The van der Waals surface area contributed by atoms with Crippen LogP contribution in [0.2, 0.25) is 0 Å². The Morgan fingerprint density at radius 3 is 2.42 bits per heavy atom. The minimum Gasteiger partial charge on any atom is -0.497 e. The van der Waals surface area contributed by atoms with Crippen LogP contribution < -0.4 is 4.74 Å². The van der Waals surface area contributed by atoms with Crippen LogP contribution >= 0.6 is 11.3 Å². The molecule has 6 heteroatoms. The maximum Gasteiger partial charge on any atom is 0.227 e. The quantitative estimate of drug-likeness (QED) is 0.816. The number of aromatic nitrogens is 2. The largest absolute Gasteiger partial charge is 0.497 e. The highest BCUT2D eigenvalue weighted by atomic mass is 32.1. The maximum absolute atomic E-state index is 12.4. The van der Waals surface area contributed by atoms with E-state index in [4.69, 9.17) is 4.74 Å². The molecule has 1 aliphatic rings. The Balaban J connectivity index is 1.57. The fraction of sp³-hybridized carbons (Fsp3) is 0.550. The second-order valence-electron chi connectivity index (χ2n) is 7.88. The molecule has 0 radical (unpaired) electrons. The molecule has 1 amide bonds. The fourth-order valence-corrected chi connectivity index (χ4v) is 4.27. The van der Waals surface area contributed by atoms with Gasteiger partial charge in [0.15, 0.2) is 0 Å². The summed E-state index contributed by atoms with van der Waals surface area (Å²) in [6.45, 7) is 7.58. The Morgan fingerprint density at radius 1 is 1.19 bits per heavy atom. The highest BCUT2D eigenvalue weighted by molar-refractivity contribution is 7.11. The normalized spacial score (nSPS) is 15.9. The van der Waals surface area contributed by atoms with Gasteiger partial charge in [0.25, 0.3) is 0 Å². The lowest BCUT2D eigenvalue weighted by Gasteiger charge is -2.35. The minimum absolute atomic E-state index is 0.244. The van der Waals surface area contributed by atoms with Gasteiger partial charge >= 0.3 is 0 Å². The summed E-state index contributed by atoms with van der Waals surface area (Å²) in [5, 5.41) is 11.0. The molecule has 1 saturated heterocycles. The average molecular weight is 374 g/mol. The molecular weight excluding hydrogens is 346 g/mol. The molecule has 0 bridgehead atoms. The van der Waals surface area contributed by atoms with E-state index in [1.807, 2.05) is 37.8 Å².